The number of ether oxygens (including phenoxy) is 1. The number of rotatable bonds is 1. The van der Waals surface area contributed by atoms with Gasteiger partial charge in [0.2, 0.25) is 0 Å². The van der Waals surface area contributed by atoms with Gasteiger partial charge in [0.25, 0.3) is 0 Å². The Bertz CT molecular complexity index is 455. The molecular formula is C12H13BrClNO3. The number of hydrogen-bond acceptors (Lipinski definition) is 2. The highest BCUT2D eigenvalue weighted by molar-refractivity contribution is 9.10. The molecule has 6 heteroatoms. The van der Waals surface area contributed by atoms with Crippen molar-refractivity contribution in [2.75, 3.05) is 19.8 Å². The third-order valence-corrected chi connectivity index (χ3v) is 3.74. The van der Waals surface area contributed by atoms with Crippen LogP contribution in [-0.2, 0) is 4.74 Å². The van der Waals surface area contributed by atoms with Crippen LogP contribution in [0.25, 0.3) is 0 Å². The first-order valence-electron chi connectivity index (χ1n) is 5.62. The molecule has 4 nitrogen and oxygen atoms in total. The van der Waals surface area contributed by atoms with Crippen LogP contribution in [0, 0.1) is 0 Å². The summed E-state index contributed by atoms with van der Waals surface area (Å²) in [6.07, 6.45) is -0.240. The lowest BCUT2D eigenvalue weighted by Gasteiger charge is -2.27. The first kappa shape index (κ1) is 13.6. The molecule has 1 unspecified atom stereocenters. The zero-order chi connectivity index (χ0) is 13.1. The quantitative estimate of drug-likeness (QED) is 0.854. The predicted molar refractivity (Wildman–Crippen MR) is 72.1 cm³/mol. The first-order valence-corrected chi connectivity index (χ1v) is 6.79. The lowest BCUT2D eigenvalue weighted by atomic mass is 10.1. The largest absolute Gasteiger partial charge is 0.465 e. The lowest BCUT2D eigenvalue weighted by molar-refractivity contribution is 0.0904. The molecule has 1 aromatic rings. The topological polar surface area (TPSA) is 49.8 Å². The molecule has 18 heavy (non-hydrogen) atoms. The van der Waals surface area contributed by atoms with Crippen LogP contribution >= 0.6 is 27.5 Å². The number of nitrogens with zero attached hydrogens (tertiary/aromatic N) is 1. The van der Waals surface area contributed by atoms with Crippen molar-refractivity contribution < 1.29 is 14.6 Å². The zero-order valence-electron chi connectivity index (χ0n) is 9.60. The van der Waals surface area contributed by atoms with Crippen LogP contribution in [0.1, 0.15) is 18.0 Å². The van der Waals surface area contributed by atoms with Crippen molar-refractivity contribution in [3.8, 4) is 0 Å². The van der Waals surface area contributed by atoms with Gasteiger partial charge in [-0.2, -0.15) is 0 Å². The van der Waals surface area contributed by atoms with Crippen molar-refractivity contribution in [3.63, 3.8) is 0 Å². The van der Waals surface area contributed by atoms with Gasteiger partial charge in [-0.05, 0) is 30.2 Å². The summed E-state index contributed by atoms with van der Waals surface area (Å²) in [7, 11) is 0. The second kappa shape index (κ2) is 5.91. The summed E-state index contributed by atoms with van der Waals surface area (Å²) < 4.78 is 6.33. The standard InChI is InChI=1S/C12H13BrClNO3/c13-8-2-3-10(14)9(6-8)11-7-18-5-1-4-15(11)12(16)17/h2-3,6,11H,1,4-5,7H2,(H,16,17). The Morgan fingerprint density at radius 3 is 3.06 bits per heavy atom. The van der Waals surface area contributed by atoms with Crippen LogP contribution in [0.15, 0.2) is 22.7 Å². The van der Waals surface area contributed by atoms with Crippen molar-refractivity contribution in [3.05, 3.63) is 33.3 Å². The fraction of sp³-hybridized carbons (Fsp3) is 0.417. The normalized spacial score (nSPS) is 20.6. The summed E-state index contributed by atoms with van der Waals surface area (Å²) in [5.74, 6) is 0. The summed E-state index contributed by atoms with van der Waals surface area (Å²) in [5.41, 5.74) is 0.773. The second-order valence-electron chi connectivity index (χ2n) is 4.09. The SMILES string of the molecule is O=C(O)N1CCCOCC1c1cc(Br)ccc1Cl. The van der Waals surface area contributed by atoms with Gasteiger partial charge in [0, 0.05) is 22.6 Å². The van der Waals surface area contributed by atoms with E-state index in [-0.39, 0.29) is 6.04 Å². The Labute approximate surface area is 119 Å². The van der Waals surface area contributed by atoms with Crippen molar-refractivity contribution >= 4 is 33.6 Å². The fourth-order valence-electron chi connectivity index (χ4n) is 2.03. The zero-order valence-corrected chi connectivity index (χ0v) is 11.9. The Morgan fingerprint density at radius 1 is 1.56 bits per heavy atom. The van der Waals surface area contributed by atoms with E-state index in [9.17, 15) is 9.90 Å². The lowest BCUT2D eigenvalue weighted by Crippen LogP contribution is -2.35. The molecule has 0 saturated carbocycles. The smallest absolute Gasteiger partial charge is 0.407 e. The van der Waals surface area contributed by atoms with E-state index >= 15 is 0 Å². The van der Waals surface area contributed by atoms with Gasteiger partial charge in [0.1, 0.15) is 0 Å². The Kier molecular flexibility index (Phi) is 4.48. The van der Waals surface area contributed by atoms with Gasteiger partial charge >= 0.3 is 6.09 Å². The summed E-state index contributed by atoms with van der Waals surface area (Å²) in [6, 6.07) is 5.08. The average Bonchev–Trinajstić information content (AvgIpc) is 2.57. The maximum atomic E-state index is 11.3. The average molecular weight is 335 g/mol. The fourth-order valence-corrected chi connectivity index (χ4v) is 2.66. The highest BCUT2D eigenvalue weighted by Gasteiger charge is 2.28. The van der Waals surface area contributed by atoms with Crippen molar-refractivity contribution in [2.24, 2.45) is 0 Å². The van der Waals surface area contributed by atoms with E-state index in [4.69, 9.17) is 16.3 Å². The van der Waals surface area contributed by atoms with E-state index in [1.165, 1.54) is 4.90 Å². The van der Waals surface area contributed by atoms with Gasteiger partial charge in [0.05, 0.1) is 12.6 Å². The van der Waals surface area contributed by atoms with E-state index in [0.29, 0.717) is 31.2 Å². The molecule has 1 atom stereocenters. The summed E-state index contributed by atoms with van der Waals surface area (Å²) >= 11 is 9.53. The van der Waals surface area contributed by atoms with Gasteiger partial charge in [-0.3, -0.25) is 4.90 Å². The molecule has 1 aliphatic heterocycles. The number of halogens is 2. The van der Waals surface area contributed by atoms with Crippen LogP contribution in [0.2, 0.25) is 5.02 Å². The van der Waals surface area contributed by atoms with Crippen molar-refractivity contribution in [1.82, 2.24) is 4.90 Å². The third kappa shape index (κ3) is 2.96. The minimum atomic E-state index is -0.943. The number of carbonyl (C=O) groups is 1. The van der Waals surface area contributed by atoms with E-state index in [0.717, 1.165) is 10.0 Å². The van der Waals surface area contributed by atoms with Crippen LogP contribution in [0.5, 0.6) is 0 Å². The van der Waals surface area contributed by atoms with Gasteiger partial charge in [-0.25, -0.2) is 4.79 Å². The van der Waals surface area contributed by atoms with E-state index in [2.05, 4.69) is 15.9 Å². The van der Waals surface area contributed by atoms with E-state index < -0.39 is 6.09 Å². The molecule has 1 heterocycles. The Hall–Kier alpha value is -0.780. The second-order valence-corrected chi connectivity index (χ2v) is 5.41. The van der Waals surface area contributed by atoms with Crippen molar-refractivity contribution in [1.29, 1.82) is 0 Å². The van der Waals surface area contributed by atoms with Gasteiger partial charge in [-0.1, -0.05) is 27.5 Å². The number of amides is 1. The summed E-state index contributed by atoms with van der Waals surface area (Å²) in [6.45, 7) is 1.37. The molecule has 1 N–H and O–H groups in total. The Balaban J connectivity index is 2.37. The predicted octanol–water partition coefficient (Wildman–Crippen LogP) is 3.54. The molecular weight excluding hydrogens is 321 g/mol. The monoisotopic (exact) mass is 333 g/mol. The maximum Gasteiger partial charge on any atom is 0.407 e. The molecule has 0 aliphatic carbocycles. The molecule has 0 bridgehead atoms. The van der Waals surface area contributed by atoms with Gasteiger partial charge in [0.15, 0.2) is 0 Å². The molecule has 0 spiro atoms. The number of hydrogen-bond donors (Lipinski definition) is 1. The van der Waals surface area contributed by atoms with Crippen LogP contribution in [-0.4, -0.2) is 35.9 Å². The minimum Gasteiger partial charge on any atom is -0.465 e. The molecule has 98 valence electrons. The van der Waals surface area contributed by atoms with Crippen molar-refractivity contribution in [2.45, 2.75) is 12.5 Å². The number of carboxylic acid groups (broad SMARTS) is 1. The summed E-state index contributed by atoms with van der Waals surface area (Å²) in [5, 5.41) is 9.83. The Morgan fingerprint density at radius 2 is 2.33 bits per heavy atom. The number of benzene rings is 1. The molecule has 1 aromatic carbocycles. The van der Waals surface area contributed by atoms with Gasteiger partial charge in [-0.15, -0.1) is 0 Å². The van der Waals surface area contributed by atoms with Crippen LogP contribution < -0.4 is 0 Å². The molecule has 0 aromatic heterocycles. The van der Waals surface area contributed by atoms with Crippen LogP contribution in [0.4, 0.5) is 4.79 Å². The molecule has 1 aliphatic rings. The highest BCUT2D eigenvalue weighted by atomic mass is 79.9. The molecule has 0 radical (unpaired) electrons. The highest BCUT2D eigenvalue weighted by Crippen LogP contribution is 2.31. The molecule has 1 saturated heterocycles. The van der Waals surface area contributed by atoms with Crippen LogP contribution in [0.3, 0.4) is 0 Å². The van der Waals surface area contributed by atoms with E-state index in [1.54, 1.807) is 6.07 Å². The summed E-state index contributed by atoms with van der Waals surface area (Å²) in [4.78, 5) is 12.7. The molecule has 2 rings (SSSR count). The third-order valence-electron chi connectivity index (χ3n) is 2.90. The maximum absolute atomic E-state index is 11.3. The van der Waals surface area contributed by atoms with E-state index in [1.807, 2.05) is 12.1 Å². The molecule has 1 amide bonds. The molecule has 1 fully saturated rings. The minimum absolute atomic E-state index is 0.336. The first-order chi connectivity index (χ1) is 8.59. The van der Waals surface area contributed by atoms with Gasteiger partial charge < -0.3 is 9.84 Å².